The van der Waals surface area contributed by atoms with E-state index in [0.29, 0.717) is 15.8 Å². The van der Waals surface area contributed by atoms with Gasteiger partial charge in [-0.15, -0.1) is 0 Å². The molecule has 0 heterocycles. The molecule has 0 spiro atoms. The Bertz CT molecular complexity index is 343. The summed E-state index contributed by atoms with van der Waals surface area (Å²) < 4.78 is 5.19. The molecule has 1 aromatic rings. The second-order valence-corrected chi connectivity index (χ2v) is 3.63. The molecule has 0 saturated heterocycles. The van der Waals surface area contributed by atoms with Crippen molar-refractivity contribution >= 4 is 33.3 Å². The highest BCUT2D eigenvalue weighted by atomic mass is 79.9. The van der Waals surface area contributed by atoms with Gasteiger partial charge in [-0.3, -0.25) is 4.79 Å². The van der Waals surface area contributed by atoms with Crippen molar-refractivity contribution in [1.29, 1.82) is 0 Å². The Morgan fingerprint density at radius 1 is 1.43 bits per heavy atom. The molecule has 5 heteroatoms. The van der Waals surface area contributed by atoms with Crippen LogP contribution < -0.4 is 11.5 Å². The summed E-state index contributed by atoms with van der Waals surface area (Å²) in [6, 6.07) is 3.38. The summed E-state index contributed by atoms with van der Waals surface area (Å²) in [4.78, 5) is 11.0. The van der Waals surface area contributed by atoms with Crippen LogP contribution in [-0.4, -0.2) is 13.1 Å². The van der Waals surface area contributed by atoms with E-state index < -0.39 is 0 Å². The van der Waals surface area contributed by atoms with Crippen molar-refractivity contribution in [1.82, 2.24) is 0 Å². The van der Waals surface area contributed by atoms with Crippen molar-refractivity contribution in [2.45, 2.75) is 6.42 Å². The summed E-state index contributed by atoms with van der Waals surface area (Å²) in [7, 11) is 1.34. The van der Waals surface area contributed by atoms with Gasteiger partial charge in [-0.25, -0.2) is 0 Å². The first-order valence-corrected chi connectivity index (χ1v) is 4.74. The Morgan fingerprint density at radius 3 is 2.36 bits per heavy atom. The van der Waals surface area contributed by atoms with E-state index in [9.17, 15) is 4.79 Å². The van der Waals surface area contributed by atoms with Crippen LogP contribution in [0.5, 0.6) is 0 Å². The first-order chi connectivity index (χ1) is 6.54. The third-order valence-corrected chi connectivity index (χ3v) is 2.68. The fraction of sp³-hybridized carbons (Fsp3) is 0.222. The van der Waals surface area contributed by atoms with Crippen molar-refractivity contribution in [3.63, 3.8) is 0 Å². The number of esters is 1. The number of halogens is 1. The summed E-state index contributed by atoms with van der Waals surface area (Å²) in [5.41, 5.74) is 13.1. The smallest absolute Gasteiger partial charge is 0.309 e. The van der Waals surface area contributed by atoms with Gasteiger partial charge in [0.2, 0.25) is 0 Å². The third-order valence-electron chi connectivity index (χ3n) is 1.76. The Hall–Kier alpha value is -1.23. The van der Waals surface area contributed by atoms with E-state index in [1.807, 2.05) is 0 Å². The molecule has 0 aromatic heterocycles. The number of hydrogen-bond donors (Lipinski definition) is 2. The molecule has 0 saturated carbocycles. The van der Waals surface area contributed by atoms with Gasteiger partial charge in [-0.05, 0) is 33.6 Å². The molecule has 14 heavy (non-hydrogen) atoms. The predicted molar refractivity (Wildman–Crippen MR) is 58.7 cm³/mol. The number of ether oxygens (including phenoxy) is 1. The SMILES string of the molecule is COC(=O)Cc1cc(N)c(Br)c(N)c1. The molecule has 4 nitrogen and oxygen atoms in total. The standard InChI is InChI=1S/C9H11BrN2O2/c1-14-8(13)4-5-2-6(11)9(10)7(12)3-5/h2-3H,4,11-12H2,1H3. The number of carbonyl (C=O) groups excluding carboxylic acids is 1. The van der Waals surface area contributed by atoms with Gasteiger partial charge in [0.05, 0.1) is 18.0 Å². The van der Waals surface area contributed by atoms with Crippen LogP contribution >= 0.6 is 15.9 Å². The third kappa shape index (κ3) is 2.38. The van der Waals surface area contributed by atoms with Gasteiger partial charge in [-0.2, -0.15) is 0 Å². The van der Waals surface area contributed by atoms with E-state index in [2.05, 4.69) is 20.7 Å². The highest BCUT2D eigenvalue weighted by Gasteiger charge is 2.07. The van der Waals surface area contributed by atoms with Crippen molar-refractivity contribution in [2.24, 2.45) is 0 Å². The molecule has 0 bridgehead atoms. The second kappa shape index (κ2) is 4.32. The van der Waals surface area contributed by atoms with E-state index in [0.717, 1.165) is 5.56 Å². The van der Waals surface area contributed by atoms with Gasteiger partial charge < -0.3 is 16.2 Å². The van der Waals surface area contributed by atoms with Crippen molar-refractivity contribution in [3.05, 3.63) is 22.2 Å². The molecular formula is C9H11BrN2O2. The van der Waals surface area contributed by atoms with Gasteiger partial charge in [0, 0.05) is 11.4 Å². The molecule has 0 aliphatic rings. The minimum Gasteiger partial charge on any atom is -0.469 e. The highest BCUT2D eigenvalue weighted by molar-refractivity contribution is 9.10. The zero-order chi connectivity index (χ0) is 10.7. The van der Waals surface area contributed by atoms with E-state index >= 15 is 0 Å². The van der Waals surface area contributed by atoms with Crippen molar-refractivity contribution in [2.75, 3.05) is 18.6 Å². The summed E-state index contributed by atoms with van der Waals surface area (Å²) >= 11 is 3.23. The van der Waals surface area contributed by atoms with E-state index in [1.54, 1.807) is 12.1 Å². The first kappa shape index (κ1) is 10.8. The molecule has 0 fully saturated rings. The summed E-state index contributed by atoms with van der Waals surface area (Å²) in [6.45, 7) is 0. The Kier molecular flexibility index (Phi) is 3.35. The number of hydrogen-bond acceptors (Lipinski definition) is 4. The van der Waals surface area contributed by atoms with Crippen LogP contribution in [0.4, 0.5) is 11.4 Å². The average molecular weight is 259 g/mol. The van der Waals surface area contributed by atoms with Crippen molar-refractivity contribution < 1.29 is 9.53 Å². The fourth-order valence-corrected chi connectivity index (χ4v) is 1.30. The fourth-order valence-electron chi connectivity index (χ4n) is 1.08. The lowest BCUT2D eigenvalue weighted by Gasteiger charge is -2.06. The molecule has 1 rings (SSSR count). The van der Waals surface area contributed by atoms with Gasteiger partial charge >= 0.3 is 5.97 Å². The van der Waals surface area contributed by atoms with Crippen LogP contribution in [0.2, 0.25) is 0 Å². The van der Waals surface area contributed by atoms with Crippen molar-refractivity contribution in [3.8, 4) is 0 Å². The van der Waals surface area contributed by atoms with Crippen LogP contribution in [0.25, 0.3) is 0 Å². The molecular weight excluding hydrogens is 248 g/mol. The largest absolute Gasteiger partial charge is 0.469 e. The predicted octanol–water partition coefficient (Wildman–Crippen LogP) is 1.33. The normalized spacial score (nSPS) is 9.86. The maximum atomic E-state index is 11.0. The zero-order valence-electron chi connectivity index (χ0n) is 7.71. The lowest BCUT2D eigenvalue weighted by molar-refractivity contribution is -0.139. The minimum absolute atomic E-state index is 0.179. The van der Waals surface area contributed by atoms with Crippen LogP contribution in [-0.2, 0) is 16.0 Å². The summed E-state index contributed by atoms with van der Waals surface area (Å²) in [5, 5.41) is 0. The second-order valence-electron chi connectivity index (χ2n) is 2.84. The van der Waals surface area contributed by atoms with Gasteiger partial charge in [0.1, 0.15) is 0 Å². The number of carbonyl (C=O) groups is 1. The van der Waals surface area contributed by atoms with Gasteiger partial charge in [0.15, 0.2) is 0 Å². The quantitative estimate of drug-likeness (QED) is 0.620. The maximum absolute atomic E-state index is 11.0. The molecule has 4 N–H and O–H groups in total. The number of benzene rings is 1. The summed E-state index contributed by atoms with van der Waals surface area (Å²) in [6.07, 6.45) is 0.179. The van der Waals surface area contributed by atoms with Crippen LogP contribution in [0.1, 0.15) is 5.56 Å². The molecule has 76 valence electrons. The van der Waals surface area contributed by atoms with Crippen LogP contribution in [0, 0.1) is 0 Å². The molecule has 1 aromatic carbocycles. The highest BCUT2D eigenvalue weighted by Crippen LogP contribution is 2.28. The van der Waals surface area contributed by atoms with E-state index in [-0.39, 0.29) is 12.4 Å². The topological polar surface area (TPSA) is 78.3 Å². The van der Waals surface area contributed by atoms with Gasteiger partial charge in [0.25, 0.3) is 0 Å². The minimum atomic E-state index is -0.314. The number of methoxy groups -OCH3 is 1. The lowest BCUT2D eigenvalue weighted by Crippen LogP contribution is -2.06. The summed E-state index contributed by atoms with van der Waals surface area (Å²) in [5.74, 6) is -0.314. The number of rotatable bonds is 2. The molecule has 0 aliphatic carbocycles. The zero-order valence-corrected chi connectivity index (χ0v) is 9.30. The Labute approximate surface area is 90.3 Å². The molecule has 0 amide bonds. The lowest BCUT2D eigenvalue weighted by atomic mass is 10.1. The van der Waals surface area contributed by atoms with E-state index in [1.165, 1.54) is 7.11 Å². The molecule has 0 radical (unpaired) electrons. The monoisotopic (exact) mass is 258 g/mol. The number of anilines is 2. The molecule has 0 unspecified atom stereocenters. The molecule has 0 atom stereocenters. The molecule has 0 aliphatic heterocycles. The maximum Gasteiger partial charge on any atom is 0.309 e. The number of nitrogens with two attached hydrogens (primary N) is 2. The van der Waals surface area contributed by atoms with E-state index in [4.69, 9.17) is 11.5 Å². The van der Waals surface area contributed by atoms with Crippen LogP contribution in [0.3, 0.4) is 0 Å². The van der Waals surface area contributed by atoms with Crippen LogP contribution in [0.15, 0.2) is 16.6 Å². The average Bonchev–Trinajstić information content (AvgIpc) is 2.14. The number of nitrogen functional groups attached to an aromatic ring is 2. The van der Waals surface area contributed by atoms with Gasteiger partial charge in [-0.1, -0.05) is 0 Å². The Balaban J connectivity index is 2.95. The first-order valence-electron chi connectivity index (χ1n) is 3.94. The Morgan fingerprint density at radius 2 is 1.93 bits per heavy atom.